The summed E-state index contributed by atoms with van der Waals surface area (Å²) in [6.07, 6.45) is 2.21. The first-order valence-corrected chi connectivity index (χ1v) is 7.97. The van der Waals surface area contributed by atoms with Gasteiger partial charge < -0.3 is 14.7 Å². The van der Waals surface area contributed by atoms with Gasteiger partial charge in [-0.2, -0.15) is 0 Å². The highest BCUT2D eigenvalue weighted by Gasteiger charge is 2.39. The summed E-state index contributed by atoms with van der Waals surface area (Å²) in [5.41, 5.74) is 0.294. The smallest absolute Gasteiger partial charge is 0.255 e. The average molecular weight is 328 g/mol. The zero-order valence-corrected chi connectivity index (χ0v) is 12.9. The zero-order chi connectivity index (χ0) is 15.7. The summed E-state index contributed by atoms with van der Waals surface area (Å²) >= 11 is 6.01. The van der Waals surface area contributed by atoms with E-state index in [1.165, 1.54) is 12.1 Å². The van der Waals surface area contributed by atoms with E-state index in [4.69, 9.17) is 16.3 Å². The molecule has 1 N–H and O–H groups in total. The lowest BCUT2D eigenvalue weighted by atomic mass is 9.93. The van der Waals surface area contributed by atoms with E-state index in [1.54, 1.807) is 4.90 Å². The lowest BCUT2D eigenvalue weighted by Gasteiger charge is -2.40. The van der Waals surface area contributed by atoms with Gasteiger partial charge in [0.15, 0.2) is 0 Å². The number of ether oxygens (including phenoxy) is 1. The first kappa shape index (κ1) is 15.7. The molecular weight excluding hydrogens is 309 g/mol. The third kappa shape index (κ3) is 2.98. The summed E-state index contributed by atoms with van der Waals surface area (Å²) in [7, 11) is 0. The molecular formula is C16H19ClFNO3. The topological polar surface area (TPSA) is 49.8 Å². The second kappa shape index (κ2) is 6.52. The highest BCUT2D eigenvalue weighted by molar-refractivity contribution is 6.33. The Hall–Kier alpha value is -1.17. The Labute approximate surface area is 133 Å². The van der Waals surface area contributed by atoms with Crippen LogP contribution >= 0.6 is 11.6 Å². The first-order valence-electron chi connectivity index (χ1n) is 7.60. The van der Waals surface area contributed by atoms with Gasteiger partial charge in [-0.05, 0) is 31.0 Å². The van der Waals surface area contributed by atoms with Crippen molar-refractivity contribution in [3.8, 4) is 0 Å². The molecule has 3 unspecified atom stereocenters. The van der Waals surface area contributed by atoms with E-state index in [-0.39, 0.29) is 22.9 Å². The van der Waals surface area contributed by atoms with Gasteiger partial charge in [0.2, 0.25) is 0 Å². The number of carbonyl (C=O) groups excluding carboxylic acids is 1. The van der Waals surface area contributed by atoms with Crippen LogP contribution in [0.2, 0.25) is 5.02 Å². The number of amides is 1. The Morgan fingerprint density at radius 2 is 2.23 bits per heavy atom. The molecule has 1 aliphatic carbocycles. The maximum Gasteiger partial charge on any atom is 0.255 e. The lowest BCUT2D eigenvalue weighted by Crippen LogP contribution is -2.53. The Bertz CT molecular complexity index is 568. The number of aliphatic hydroxyl groups excluding tert-OH is 1. The van der Waals surface area contributed by atoms with E-state index in [2.05, 4.69) is 0 Å². The van der Waals surface area contributed by atoms with Gasteiger partial charge >= 0.3 is 0 Å². The van der Waals surface area contributed by atoms with E-state index in [0.717, 1.165) is 25.3 Å². The molecule has 1 heterocycles. The van der Waals surface area contributed by atoms with E-state index >= 15 is 0 Å². The molecule has 1 aromatic rings. The number of rotatable bonds is 2. The number of halogens is 2. The van der Waals surface area contributed by atoms with Gasteiger partial charge in [-0.15, -0.1) is 0 Å². The zero-order valence-electron chi connectivity index (χ0n) is 12.2. The predicted octanol–water partition coefficient (Wildman–Crippen LogP) is 2.48. The van der Waals surface area contributed by atoms with Crippen molar-refractivity contribution in [2.75, 3.05) is 19.8 Å². The number of morpholine rings is 1. The summed E-state index contributed by atoms with van der Waals surface area (Å²) < 4.78 is 18.7. The second-order valence-electron chi connectivity index (χ2n) is 5.93. The minimum atomic E-state index is -0.466. The summed E-state index contributed by atoms with van der Waals surface area (Å²) in [6, 6.07) is 3.64. The Morgan fingerprint density at radius 1 is 1.41 bits per heavy atom. The molecule has 3 rings (SSSR count). The van der Waals surface area contributed by atoms with Gasteiger partial charge in [-0.25, -0.2) is 4.39 Å². The van der Waals surface area contributed by atoms with E-state index in [1.807, 2.05) is 0 Å². The van der Waals surface area contributed by atoms with Crippen LogP contribution in [-0.2, 0) is 4.74 Å². The van der Waals surface area contributed by atoms with Crippen LogP contribution in [0.5, 0.6) is 0 Å². The van der Waals surface area contributed by atoms with Crippen LogP contribution in [0.1, 0.15) is 29.6 Å². The Balaban J connectivity index is 1.85. The number of aliphatic hydroxyl groups is 1. The Morgan fingerprint density at radius 3 is 2.91 bits per heavy atom. The van der Waals surface area contributed by atoms with Crippen molar-refractivity contribution in [1.82, 2.24) is 4.90 Å². The van der Waals surface area contributed by atoms with Crippen LogP contribution in [-0.4, -0.2) is 47.8 Å². The highest BCUT2D eigenvalue weighted by Crippen LogP contribution is 2.33. The third-order valence-corrected chi connectivity index (χ3v) is 4.93. The highest BCUT2D eigenvalue weighted by atomic mass is 35.5. The van der Waals surface area contributed by atoms with Crippen LogP contribution < -0.4 is 0 Å². The fourth-order valence-corrected chi connectivity index (χ4v) is 3.71. The minimum Gasteiger partial charge on any atom is -0.393 e. The van der Waals surface area contributed by atoms with Crippen molar-refractivity contribution < 1.29 is 19.0 Å². The Kier molecular flexibility index (Phi) is 4.66. The van der Waals surface area contributed by atoms with Gasteiger partial charge in [0.25, 0.3) is 5.91 Å². The summed E-state index contributed by atoms with van der Waals surface area (Å²) in [4.78, 5) is 14.5. The van der Waals surface area contributed by atoms with Crippen LogP contribution in [0.15, 0.2) is 18.2 Å². The number of carbonyl (C=O) groups is 1. The van der Waals surface area contributed by atoms with E-state index in [9.17, 15) is 14.3 Å². The van der Waals surface area contributed by atoms with Crippen LogP contribution in [0, 0.1) is 11.7 Å². The van der Waals surface area contributed by atoms with Crippen molar-refractivity contribution in [1.29, 1.82) is 0 Å². The van der Waals surface area contributed by atoms with Crippen LogP contribution in [0.25, 0.3) is 0 Å². The minimum absolute atomic E-state index is 0.0310. The fraction of sp³-hybridized carbons (Fsp3) is 0.562. The van der Waals surface area contributed by atoms with Crippen molar-refractivity contribution in [3.63, 3.8) is 0 Å². The molecule has 1 saturated heterocycles. The molecule has 0 radical (unpaired) electrons. The first-order chi connectivity index (χ1) is 10.6. The third-order valence-electron chi connectivity index (χ3n) is 4.61. The second-order valence-corrected chi connectivity index (χ2v) is 6.33. The molecule has 1 aromatic carbocycles. The summed E-state index contributed by atoms with van der Waals surface area (Å²) in [5, 5.41) is 10.2. The molecule has 1 saturated carbocycles. The molecule has 0 bridgehead atoms. The molecule has 3 atom stereocenters. The van der Waals surface area contributed by atoms with Crippen molar-refractivity contribution in [2.24, 2.45) is 5.92 Å². The number of hydrogen-bond acceptors (Lipinski definition) is 3. The standard InChI is InChI=1S/C16H19ClFNO3/c17-13-8-10(18)4-5-11(13)16(21)19-6-7-22-9-14(19)12-2-1-3-15(12)20/h4-5,8,12,14-15,20H,1-3,6-7,9H2. The van der Waals surface area contributed by atoms with Crippen LogP contribution in [0.4, 0.5) is 4.39 Å². The number of hydrogen-bond donors (Lipinski definition) is 1. The number of nitrogens with zero attached hydrogens (tertiary/aromatic N) is 1. The maximum atomic E-state index is 13.2. The molecule has 120 valence electrons. The lowest BCUT2D eigenvalue weighted by molar-refractivity contribution is -0.0383. The molecule has 22 heavy (non-hydrogen) atoms. The van der Waals surface area contributed by atoms with Gasteiger partial charge in [0.05, 0.1) is 35.9 Å². The molecule has 0 spiro atoms. The van der Waals surface area contributed by atoms with Crippen molar-refractivity contribution in [3.05, 3.63) is 34.6 Å². The molecule has 1 aliphatic heterocycles. The quantitative estimate of drug-likeness (QED) is 0.908. The van der Waals surface area contributed by atoms with Crippen molar-refractivity contribution >= 4 is 17.5 Å². The van der Waals surface area contributed by atoms with Gasteiger partial charge in [-0.1, -0.05) is 18.0 Å². The normalized spacial score (nSPS) is 28.9. The summed E-state index contributed by atoms with van der Waals surface area (Å²) in [5.74, 6) is -0.660. The largest absolute Gasteiger partial charge is 0.393 e. The van der Waals surface area contributed by atoms with Gasteiger partial charge in [-0.3, -0.25) is 4.79 Å². The SMILES string of the molecule is O=C(c1ccc(F)cc1Cl)N1CCOCC1C1CCCC1O. The number of benzene rings is 1. The maximum absolute atomic E-state index is 13.2. The molecule has 2 fully saturated rings. The summed E-state index contributed by atoms with van der Waals surface area (Å²) in [6.45, 7) is 1.34. The monoisotopic (exact) mass is 327 g/mol. The molecule has 6 heteroatoms. The predicted molar refractivity (Wildman–Crippen MR) is 80.4 cm³/mol. The molecule has 4 nitrogen and oxygen atoms in total. The van der Waals surface area contributed by atoms with Crippen molar-refractivity contribution in [2.45, 2.75) is 31.4 Å². The molecule has 0 aromatic heterocycles. The van der Waals surface area contributed by atoms with E-state index in [0.29, 0.717) is 25.3 Å². The van der Waals surface area contributed by atoms with E-state index < -0.39 is 11.9 Å². The van der Waals surface area contributed by atoms with Gasteiger partial charge in [0.1, 0.15) is 5.82 Å². The molecule has 2 aliphatic rings. The average Bonchev–Trinajstić information content (AvgIpc) is 2.93. The fourth-order valence-electron chi connectivity index (χ4n) is 3.47. The van der Waals surface area contributed by atoms with Gasteiger partial charge in [0, 0.05) is 12.5 Å². The van der Waals surface area contributed by atoms with Crippen LogP contribution in [0.3, 0.4) is 0 Å². The molecule has 1 amide bonds.